The third-order valence-electron chi connectivity index (χ3n) is 3.48. The van der Waals surface area contributed by atoms with Crippen LogP contribution in [0.5, 0.6) is 5.75 Å². The summed E-state index contributed by atoms with van der Waals surface area (Å²) in [6.45, 7) is 1.94. The summed E-state index contributed by atoms with van der Waals surface area (Å²) < 4.78 is 16.2. The fourth-order valence-electron chi connectivity index (χ4n) is 2.10. The maximum Gasteiger partial charge on any atom is 0.440 e. The van der Waals surface area contributed by atoms with Crippen LogP contribution in [0.4, 0.5) is 4.79 Å². The van der Waals surface area contributed by atoms with E-state index >= 15 is 0 Å². The van der Waals surface area contributed by atoms with Gasteiger partial charge in [0.2, 0.25) is 0 Å². The van der Waals surface area contributed by atoms with Crippen LogP contribution in [0.25, 0.3) is 0 Å². The second-order valence-corrected chi connectivity index (χ2v) is 7.11. The fourth-order valence-corrected chi connectivity index (χ4v) is 3.02. The van der Waals surface area contributed by atoms with Crippen LogP contribution < -0.4 is 10.3 Å². The molecule has 144 valence electrons. The third kappa shape index (κ3) is 6.06. The first-order valence-corrected chi connectivity index (χ1v) is 9.74. The van der Waals surface area contributed by atoms with E-state index in [-0.39, 0.29) is 12.4 Å². The molecule has 2 aromatic rings. The molecule has 0 saturated heterocycles. The van der Waals surface area contributed by atoms with Crippen LogP contribution in [0.3, 0.4) is 0 Å². The number of methoxy groups -OCH3 is 1. The smallest absolute Gasteiger partial charge is 0.440 e. The van der Waals surface area contributed by atoms with Crippen molar-refractivity contribution in [1.29, 1.82) is 0 Å². The van der Waals surface area contributed by atoms with Gasteiger partial charge in [-0.1, -0.05) is 41.0 Å². The summed E-state index contributed by atoms with van der Waals surface area (Å²) in [6, 6.07) is 12.3. The molecule has 9 heteroatoms. The van der Waals surface area contributed by atoms with Crippen LogP contribution in [-0.4, -0.2) is 29.7 Å². The van der Waals surface area contributed by atoms with Crippen LogP contribution in [0.1, 0.15) is 18.1 Å². The number of hydrogen-bond acceptors (Lipinski definition) is 6. The monoisotopic (exact) mass is 410 g/mol. The van der Waals surface area contributed by atoms with Gasteiger partial charge in [0.1, 0.15) is 12.9 Å². The Kier molecular flexibility index (Phi) is 7.78. The summed E-state index contributed by atoms with van der Waals surface area (Å²) >= 11 is 4.93. The lowest BCUT2D eigenvalue weighted by molar-refractivity contribution is 0.118. The number of benzene rings is 2. The number of carbonyl (C=O) groups is 1. The Morgan fingerprint density at radius 1 is 1.30 bits per heavy atom. The molecule has 0 aliphatic heterocycles. The number of oxime groups is 1. The fraction of sp³-hybridized carbons (Fsp3) is 0.222. The van der Waals surface area contributed by atoms with E-state index in [9.17, 15) is 9.35 Å². The van der Waals surface area contributed by atoms with Crippen LogP contribution in [0, 0.1) is 0 Å². The summed E-state index contributed by atoms with van der Waals surface area (Å²) in [5.74, 6) is 0.237. The molecule has 0 aromatic heterocycles. The van der Waals surface area contributed by atoms with Crippen LogP contribution in [-0.2, 0) is 27.4 Å². The number of hydroxylamine groups is 1. The van der Waals surface area contributed by atoms with Crippen molar-refractivity contribution in [2.75, 3.05) is 13.4 Å². The largest absolute Gasteiger partial charge is 0.612 e. The first-order chi connectivity index (χ1) is 12.9. The molecule has 0 radical (unpaired) electrons. The molecule has 0 bridgehead atoms. The average molecular weight is 411 g/mol. The minimum atomic E-state index is -1.11. The van der Waals surface area contributed by atoms with Crippen molar-refractivity contribution in [3.8, 4) is 5.75 Å². The van der Waals surface area contributed by atoms with Crippen molar-refractivity contribution in [2.45, 2.75) is 18.4 Å². The Balaban J connectivity index is 2.06. The highest BCUT2D eigenvalue weighted by atomic mass is 35.5. The van der Waals surface area contributed by atoms with Gasteiger partial charge in [-0.25, -0.2) is 4.79 Å². The van der Waals surface area contributed by atoms with E-state index in [1.165, 1.54) is 7.11 Å². The Morgan fingerprint density at radius 2 is 2.04 bits per heavy atom. The molecule has 27 heavy (non-hydrogen) atoms. The Bertz CT molecular complexity index is 829. The summed E-state index contributed by atoms with van der Waals surface area (Å²) in [5.41, 5.74) is 4.16. The van der Waals surface area contributed by atoms with Crippen molar-refractivity contribution in [2.24, 2.45) is 5.16 Å². The number of amides is 1. The van der Waals surface area contributed by atoms with Crippen molar-refractivity contribution in [3.63, 3.8) is 0 Å². The third-order valence-corrected chi connectivity index (χ3v) is 4.81. The molecular weight excluding hydrogens is 392 g/mol. The first kappa shape index (κ1) is 20.9. The highest BCUT2D eigenvalue weighted by Gasteiger charge is 2.12. The van der Waals surface area contributed by atoms with Crippen LogP contribution in [0.15, 0.2) is 52.5 Å². The molecule has 1 atom stereocenters. The van der Waals surface area contributed by atoms with Gasteiger partial charge < -0.3 is 19.0 Å². The number of halogens is 1. The number of hydrogen-bond donors (Lipinski definition) is 1. The number of rotatable bonds is 7. The van der Waals surface area contributed by atoms with Gasteiger partial charge in [0.25, 0.3) is 0 Å². The lowest BCUT2D eigenvalue weighted by Gasteiger charge is -2.10. The van der Waals surface area contributed by atoms with E-state index < -0.39 is 17.3 Å². The highest BCUT2D eigenvalue weighted by Crippen LogP contribution is 2.25. The van der Waals surface area contributed by atoms with Crippen LogP contribution >= 0.6 is 11.6 Å². The van der Waals surface area contributed by atoms with Gasteiger partial charge in [0.05, 0.1) is 17.8 Å². The zero-order valence-corrected chi connectivity index (χ0v) is 16.6. The first-order valence-electron chi connectivity index (χ1n) is 7.81. The Morgan fingerprint density at radius 3 is 2.74 bits per heavy atom. The van der Waals surface area contributed by atoms with Gasteiger partial charge in [-0.15, -0.1) is 0 Å². The molecule has 0 saturated carbocycles. The van der Waals surface area contributed by atoms with Gasteiger partial charge in [-0.3, -0.25) is 0 Å². The second-order valence-electron chi connectivity index (χ2n) is 5.35. The van der Waals surface area contributed by atoms with Gasteiger partial charge >= 0.3 is 6.09 Å². The molecule has 2 rings (SSSR count). The summed E-state index contributed by atoms with van der Waals surface area (Å²) in [7, 11) is 1.22. The van der Waals surface area contributed by atoms with Gasteiger partial charge in [0, 0.05) is 11.1 Å². The second kappa shape index (κ2) is 10.1. The van der Waals surface area contributed by atoms with E-state index in [2.05, 4.69) is 15.4 Å². The van der Waals surface area contributed by atoms with Crippen molar-refractivity contribution in [1.82, 2.24) is 5.48 Å². The lowest BCUT2D eigenvalue weighted by Crippen LogP contribution is -2.26. The van der Waals surface area contributed by atoms with Gasteiger partial charge in [-0.05, 0) is 36.3 Å². The van der Waals surface area contributed by atoms with E-state index in [0.29, 0.717) is 21.2 Å². The molecule has 1 N–H and O–H groups in total. The van der Waals surface area contributed by atoms with E-state index in [4.69, 9.17) is 21.3 Å². The molecule has 2 aromatic carbocycles. The van der Waals surface area contributed by atoms with Crippen LogP contribution in [0.2, 0.25) is 5.02 Å². The van der Waals surface area contributed by atoms with E-state index in [1.807, 2.05) is 18.2 Å². The summed E-state index contributed by atoms with van der Waals surface area (Å²) in [6.07, 6.45) is 0.863. The lowest BCUT2D eigenvalue weighted by atomic mass is 10.1. The zero-order chi connectivity index (χ0) is 19.8. The number of ether oxygens (including phenoxy) is 1. The predicted octanol–water partition coefficient (Wildman–Crippen LogP) is 3.67. The molecule has 0 spiro atoms. The number of nitrogens with one attached hydrogen (secondary N) is 1. The molecule has 7 nitrogen and oxygen atoms in total. The maximum absolute atomic E-state index is 11.7. The van der Waals surface area contributed by atoms with E-state index in [0.717, 1.165) is 5.56 Å². The quantitative estimate of drug-likeness (QED) is 0.427. The van der Waals surface area contributed by atoms with Crippen molar-refractivity contribution in [3.05, 3.63) is 58.6 Å². The minimum Gasteiger partial charge on any atom is -0.612 e. The van der Waals surface area contributed by atoms with Crippen molar-refractivity contribution < 1.29 is 23.8 Å². The van der Waals surface area contributed by atoms with Gasteiger partial charge in [0.15, 0.2) is 10.6 Å². The average Bonchev–Trinajstić information content (AvgIpc) is 2.67. The number of carbonyl (C=O) groups excluding carboxylic acids is 1. The normalized spacial score (nSPS) is 12.3. The topological polar surface area (TPSA) is 92.2 Å². The SMILES string of the molecule is COC(=O)NOc1cc(/C(C)=N/OCc2ccccc2[S+](C)[O-])ccc1Cl. The maximum atomic E-state index is 11.7. The zero-order valence-electron chi connectivity index (χ0n) is 15.0. The summed E-state index contributed by atoms with van der Waals surface area (Å²) in [4.78, 5) is 22.3. The Labute approximate surface area is 165 Å². The molecular formula is C18H19ClN2O5S. The number of nitrogens with zero attached hydrogens (tertiary/aromatic N) is 1. The molecule has 1 amide bonds. The molecule has 0 heterocycles. The predicted molar refractivity (Wildman–Crippen MR) is 103 cm³/mol. The van der Waals surface area contributed by atoms with Gasteiger partial charge in [-0.2, -0.15) is 5.48 Å². The Hall–Kier alpha value is -2.42. The highest BCUT2D eigenvalue weighted by molar-refractivity contribution is 7.90. The molecule has 0 aliphatic rings. The molecule has 0 fully saturated rings. The standard InChI is InChI=1S/C18H19ClN2O5S/c1-12(20-25-11-14-6-4-5-7-17(14)27(3)23)13-8-9-15(19)16(10-13)26-21-18(22)24-2/h4-10H,11H2,1-3H3,(H,21,22)/b20-12+. The molecule has 0 aliphatic carbocycles. The minimum absolute atomic E-state index is 0.188. The van der Waals surface area contributed by atoms with E-state index in [1.54, 1.807) is 37.4 Å². The molecule has 1 unspecified atom stereocenters. The van der Waals surface area contributed by atoms with Crippen molar-refractivity contribution >= 4 is 34.6 Å². The summed E-state index contributed by atoms with van der Waals surface area (Å²) in [5, 5.41) is 4.39.